The summed E-state index contributed by atoms with van der Waals surface area (Å²) in [6.07, 6.45) is 3.78. The van der Waals surface area contributed by atoms with Crippen LogP contribution in [-0.4, -0.2) is 27.7 Å². The summed E-state index contributed by atoms with van der Waals surface area (Å²) in [6, 6.07) is 12.0. The Kier molecular flexibility index (Phi) is 6.14. The van der Waals surface area contributed by atoms with Gasteiger partial charge in [0.15, 0.2) is 0 Å². The number of Topliss-reactive ketones (excluding diaryl/α,β-unsaturated/α-hetero) is 1. The van der Waals surface area contributed by atoms with E-state index in [2.05, 4.69) is 13.8 Å². The van der Waals surface area contributed by atoms with E-state index in [0.29, 0.717) is 16.5 Å². The average molecular weight is 458 g/mol. The molecule has 162 valence electrons. The highest BCUT2D eigenvalue weighted by Crippen LogP contribution is 2.44. The van der Waals surface area contributed by atoms with Gasteiger partial charge in [-0.05, 0) is 48.1 Å². The molecule has 1 heterocycles. The van der Waals surface area contributed by atoms with E-state index in [4.69, 9.17) is 23.2 Å². The van der Waals surface area contributed by atoms with Crippen molar-refractivity contribution in [3.63, 3.8) is 0 Å². The third-order valence-corrected chi connectivity index (χ3v) is 7.05. The minimum absolute atomic E-state index is 0.00895. The molecule has 0 spiro atoms. The number of nitrogens with zero attached hydrogens (tertiary/aromatic N) is 1. The number of halogens is 2. The first-order chi connectivity index (χ1) is 14.8. The van der Waals surface area contributed by atoms with Crippen LogP contribution in [0.1, 0.15) is 68.2 Å². The van der Waals surface area contributed by atoms with Crippen LogP contribution in [0.4, 0.5) is 0 Å². The minimum atomic E-state index is -0.659. The number of likely N-dealkylation sites (tertiary alicyclic amines) is 1. The lowest BCUT2D eigenvalue weighted by Gasteiger charge is -2.31. The summed E-state index contributed by atoms with van der Waals surface area (Å²) >= 11 is 12.1. The van der Waals surface area contributed by atoms with Crippen LogP contribution < -0.4 is 0 Å². The molecule has 2 fully saturated rings. The van der Waals surface area contributed by atoms with Crippen molar-refractivity contribution in [3.05, 3.63) is 74.8 Å². The Balaban J connectivity index is 1.87. The number of benzene rings is 2. The smallest absolute Gasteiger partial charge is 0.295 e. The van der Waals surface area contributed by atoms with Crippen molar-refractivity contribution >= 4 is 40.7 Å². The van der Waals surface area contributed by atoms with Crippen molar-refractivity contribution in [2.24, 2.45) is 0 Å². The molecule has 0 radical (unpaired) electrons. The van der Waals surface area contributed by atoms with E-state index >= 15 is 0 Å². The summed E-state index contributed by atoms with van der Waals surface area (Å²) in [5.74, 6) is -1.07. The van der Waals surface area contributed by atoms with E-state index in [1.807, 2.05) is 24.3 Å². The highest BCUT2D eigenvalue weighted by molar-refractivity contribution is 6.47. The van der Waals surface area contributed by atoms with Crippen LogP contribution in [-0.2, 0) is 9.59 Å². The van der Waals surface area contributed by atoms with Crippen molar-refractivity contribution in [2.75, 3.05) is 0 Å². The highest BCUT2D eigenvalue weighted by atomic mass is 35.5. The summed E-state index contributed by atoms with van der Waals surface area (Å²) in [5.41, 5.74) is 2.46. The Bertz CT molecular complexity index is 1050. The van der Waals surface area contributed by atoms with Gasteiger partial charge in [0.05, 0.1) is 21.7 Å². The summed E-state index contributed by atoms with van der Waals surface area (Å²) in [6.45, 7) is 4.23. The van der Waals surface area contributed by atoms with Gasteiger partial charge in [-0.1, -0.05) is 74.2 Å². The van der Waals surface area contributed by atoms with Gasteiger partial charge >= 0.3 is 0 Å². The molecule has 1 unspecified atom stereocenters. The van der Waals surface area contributed by atoms with Crippen LogP contribution in [0.2, 0.25) is 10.0 Å². The van der Waals surface area contributed by atoms with Gasteiger partial charge < -0.3 is 10.0 Å². The van der Waals surface area contributed by atoms with Crippen molar-refractivity contribution in [1.29, 1.82) is 0 Å². The number of carbonyl (C=O) groups excluding carboxylic acids is 2. The molecule has 1 N–H and O–H groups in total. The summed E-state index contributed by atoms with van der Waals surface area (Å²) in [7, 11) is 0. The van der Waals surface area contributed by atoms with Crippen LogP contribution in [0.15, 0.2) is 48.0 Å². The number of carbonyl (C=O) groups is 2. The van der Waals surface area contributed by atoms with Gasteiger partial charge in [0, 0.05) is 11.6 Å². The van der Waals surface area contributed by atoms with E-state index in [1.165, 1.54) is 11.6 Å². The quantitative estimate of drug-likeness (QED) is 0.324. The van der Waals surface area contributed by atoms with Crippen molar-refractivity contribution in [1.82, 2.24) is 4.90 Å². The third kappa shape index (κ3) is 3.99. The molecule has 1 atom stereocenters. The second-order valence-corrected chi connectivity index (χ2v) is 9.41. The fourth-order valence-electron chi connectivity index (χ4n) is 4.60. The van der Waals surface area contributed by atoms with E-state index < -0.39 is 17.7 Å². The molecule has 1 saturated carbocycles. The van der Waals surface area contributed by atoms with Crippen molar-refractivity contribution in [2.45, 2.75) is 57.5 Å². The molecule has 6 heteroatoms. The average Bonchev–Trinajstić information content (AvgIpc) is 3.36. The third-order valence-electron chi connectivity index (χ3n) is 6.31. The number of amides is 1. The highest BCUT2D eigenvalue weighted by Gasteiger charge is 2.49. The summed E-state index contributed by atoms with van der Waals surface area (Å²) < 4.78 is 0. The fraction of sp³-hybridized carbons (Fsp3) is 0.360. The number of aliphatic hydroxyl groups excluding tert-OH is 1. The van der Waals surface area contributed by atoms with Crippen LogP contribution in [0.3, 0.4) is 0 Å². The van der Waals surface area contributed by atoms with E-state index in [0.717, 1.165) is 31.2 Å². The van der Waals surface area contributed by atoms with Gasteiger partial charge in [-0.2, -0.15) is 0 Å². The first kappa shape index (κ1) is 21.9. The predicted molar refractivity (Wildman–Crippen MR) is 123 cm³/mol. The Morgan fingerprint density at radius 3 is 2.23 bits per heavy atom. The molecule has 0 aromatic heterocycles. The maximum atomic E-state index is 13.1. The topological polar surface area (TPSA) is 57.6 Å². The normalized spacial score (nSPS) is 21.5. The molecule has 1 aliphatic heterocycles. The molecule has 1 aliphatic carbocycles. The number of ketones is 1. The first-order valence-electron chi connectivity index (χ1n) is 10.6. The molecule has 2 aromatic rings. The SMILES string of the molecule is CC(C)c1ccc(C2/C(=C(/O)c3ccc(Cl)c(Cl)c3)C(=O)C(=O)N2C2CCCC2)cc1. The minimum Gasteiger partial charge on any atom is -0.507 e. The van der Waals surface area contributed by atoms with Crippen LogP contribution in [0.25, 0.3) is 5.76 Å². The summed E-state index contributed by atoms with van der Waals surface area (Å²) in [5, 5.41) is 11.8. The Labute approximate surface area is 192 Å². The lowest BCUT2D eigenvalue weighted by Crippen LogP contribution is -2.37. The number of rotatable bonds is 4. The lowest BCUT2D eigenvalue weighted by molar-refractivity contribution is -0.141. The van der Waals surface area contributed by atoms with E-state index in [-0.39, 0.29) is 22.4 Å². The summed E-state index contributed by atoms with van der Waals surface area (Å²) in [4.78, 5) is 27.9. The Morgan fingerprint density at radius 1 is 1.00 bits per heavy atom. The molecule has 2 aliphatic rings. The fourth-order valence-corrected chi connectivity index (χ4v) is 4.90. The molecular weight excluding hydrogens is 433 g/mol. The lowest BCUT2D eigenvalue weighted by atomic mass is 9.92. The zero-order chi connectivity index (χ0) is 22.3. The molecular formula is C25H25Cl2NO3. The van der Waals surface area contributed by atoms with Crippen molar-refractivity contribution in [3.8, 4) is 0 Å². The largest absolute Gasteiger partial charge is 0.507 e. The van der Waals surface area contributed by atoms with E-state index in [1.54, 1.807) is 17.0 Å². The Morgan fingerprint density at radius 2 is 1.65 bits per heavy atom. The van der Waals surface area contributed by atoms with Crippen LogP contribution in [0, 0.1) is 0 Å². The molecule has 4 rings (SSSR count). The second kappa shape index (κ2) is 8.68. The van der Waals surface area contributed by atoms with Crippen molar-refractivity contribution < 1.29 is 14.7 Å². The van der Waals surface area contributed by atoms with Gasteiger partial charge in [-0.15, -0.1) is 0 Å². The first-order valence-corrected chi connectivity index (χ1v) is 11.4. The second-order valence-electron chi connectivity index (χ2n) is 8.59. The molecule has 0 bridgehead atoms. The van der Waals surface area contributed by atoms with Crippen LogP contribution >= 0.6 is 23.2 Å². The van der Waals surface area contributed by atoms with Gasteiger partial charge in [0.1, 0.15) is 5.76 Å². The number of aliphatic hydroxyl groups is 1. The van der Waals surface area contributed by atoms with Crippen LogP contribution in [0.5, 0.6) is 0 Å². The van der Waals surface area contributed by atoms with E-state index in [9.17, 15) is 14.7 Å². The molecule has 4 nitrogen and oxygen atoms in total. The number of hydrogen-bond acceptors (Lipinski definition) is 3. The van der Waals surface area contributed by atoms with Gasteiger partial charge in [0.25, 0.3) is 11.7 Å². The zero-order valence-electron chi connectivity index (χ0n) is 17.6. The van der Waals surface area contributed by atoms with Gasteiger partial charge in [-0.3, -0.25) is 9.59 Å². The molecule has 31 heavy (non-hydrogen) atoms. The maximum Gasteiger partial charge on any atom is 0.295 e. The maximum absolute atomic E-state index is 13.1. The molecule has 1 saturated heterocycles. The van der Waals surface area contributed by atoms with Gasteiger partial charge in [-0.25, -0.2) is 0 Å². The Hall–Kier alpha value is -2.30. The predicted octanol–water partition coefficient (Wildman–Crippen LogP) is 6.48. The zero-order valence-corrected chi connectivity index (χ0v) is 19.1. The van der Waals surface area contributed by atoms with Gasteiger partial charge in [0.2, 0.25) is 0 Å². The standard InChI is InChI=1S/C25H25Cl2NO3/c1-14(2)15-7-9-16(10-8-15)22-21(23(29)17-11-12-19(26)20(27)13-17)24(30)25(31)28(22)18-5-3-4-6-18/h7-14,18,22,29H,3-6H2,1-2H3/b23-21-. The monoisotopic (exact) mass is 457 g/mol. The number of hydrogen-bond donors (Lipinski definition) is 1. The molecule has 2 aromatic carbocycles. The molecule has 1 amide bonds.